The molecule has 1 saturated carbocycles. The zero-order valence-electron chi connectivity index (χ0n) is 12.5. The normalized spacial score (nSPS) is 21.9. The highest BCUT2D eigenvalue weighted by Gasteiger charge is 2.20. The molecular formula is C16H28N2O2. The molecule has 0 unspecified atom stereocenters. The molecule has 2 rings (SSSR count). The van der Waals surface area contributed by atoms with Crippen molar-refractivity contribution >= 4 is 11.8 Å². The van der Waals surface area contributed by atoms with Crippen LogP contribution in [0.5, 0.6) is 0 Å². The van der Waals surface area contributed by atoms with E-state index < -0.39 is 0 Å². The zero-order valence-corrected chi connectivity index (χ0v) is 12.5. The molecule has 1 aliphatic carbocycles. The Labute approximate surface area is 122 Å². The molecule has 1 aliphatic heterocycles. The number of rotatable bonds is 3. The number of carbonyl (C=O) groups is 2. The number of hydrogen-bond acceptors (Lipinski definition) is 2. The summed E-state index contributed by atoms with van der Waals surface area (Å²) in [5.74, 6) is -0.0656. The standard InChI is InChI=1S/C16H28N2O2/c19-15(17-14-9-5-1-2-6-10-14)13-16(20)18-11-7-3-4-8-12-18/h14H,1-13H2,(H,17,19). The van der Waals surface area contributed by atoms with E-state index >= 15 is 0 Å². The third kappa shape index (κ3) is 5.14. The molecule has 2 aliphatic rings. The predicted octanol–water partition coefficient (Wildman–Crippen LogP) is 2.62. The SMILES string of the molecule is O=C(CC(=O)N1CCCCCC1)NC1CCCCCC1. The molecule has 2 amide bonds. The molecule has 0 aromatic heterocycles. The molecule has 0 aromatic rings. The molecular weight excluding hydrogens is 252 g/mol. The minimum atomic E-state index is -0.0776. The smallest absolute Gasteiger partial charge is 0.232 e. The molecule has 0 aromatic carbocycles. The summed E-state index contributed by atoms with van der Waals surface area (Å²) in [6.07, 6.45) is 11.7. The van der Waals surface area contributed by atoms with Crippen LogP contribution in [0.3, 0.4) is 0 Å². The third-order valence-electron chi connectivity index (χ3n) is 4.49. The molecule has 0 radical (unpaired) electrons. The van der Waals surface area contributed by atoms with Gasteiger partial charge in [0, 0.05) is 19.1 Å². The van der Waals surface area contributed by atoms with Crippen molar-refractivity contribution in [2.45, 2.75) is 76.7 Å². The highest BCUT2D eigenvalue weighted by atomic mass is 16.2. The second-order valence-corrected chi connectivity index (χ2v) is 6.23. The maximum atomic E-state index is 12.1. The average Bonchev–Trinajstić information content (AvgIpc) is 2.82. The highest BCUT2D eigenvalue weighted by Crippen LogP contribution is 2.17. The van der Waals surface area contributed by atoms with Crippen molar-refractivity contribution in [3.63, 3.8) is 0 Å². The largest absolute Gasteiger partial charge is 0.353 e. The van der Waals surface area contributed by atoms with Crippen LogP contribution in [0.2, 0.25) is 0 Å². The van der Waals surface area contributed by atoms with E-state index in [2.05, 4.69) is 5.32 Å². The van der Waals surface area contributed by atoms with Crippen LogP contribution in [-0.2, 0) is 9.59 Å². The Morgan fingerprint density at radius 2 is 1.40 bits per heavy atom. The van der Waals surface area contributed by atoms with Gasteiger partial charge < -0.3 is 10.2 Å². The maximum absolute atomic E-state index is 12.1. The summed E-state index contributed by atoms with van der Waals surface area (Å²) >= 11 is 0. The molecule has 0 spiro atoms. The van der Waals surface area contributed by atoms with Gasteiger partial charge in [0.15, 0.2) is 0 Å². The lowest BCUT2D eigenvalue weighted by Gasteiger charge is -2.21. The second-order valence-electron chi connectivity index (χ2n) is 6.23. The third-order valence-corrected chi connectivity index (χ3v) is 4.49. The van der Waals surface area contributed by atoms with Crippen molar-refractivity contribution in [1.82, 2.24) is 10.2 Å². The predicted molar refractivity (Wildman–Crippen MR) is 79.3 cm³/mol. The Balaban J connectivity index is 1.73. The van der Waals surface area contributed by atoms with Gasteiger partial charge in [0.05, 0.1) is 0 Å². The molecule has 1 saturated heterocycles. The Kier molecular flexibility index (Phi) is 6.34. The average molecular weight is 280 g/mol. The Morgan fingerprint density at radius 3 is 2.00 bits per heavy atom. The quantitative estimate of drug-likeness (QED) is 0.638. The van der Waals surface area contributed by atoms with Crippen LogP contribution in [0.25, 0.3) is 0 Å². The van der Waals surface area contributed by atoms with Gasteiger partial charge in [-0.05, 0) is 25.7 Å². The number of hydrogen-bond donors (Lipinski definition) is 1. The first-order chi connectivity index (χ1) is 9.75. The van der Waals surface area contributed by atoms with E-state index in [0.717, 1.165) is 38.8 Å². The first-order valence-corrected chi connectivity index (χ1v) is 8.33. The fraction of sp³-hybridized carbons (Fsp3) is 0.875. The summed E-state index contributed by atoms with van der Waals surface area (Å²) in [5.41, 5.74) is 0. The van der Waals surface area contributed by atoms with Gasteiger partial charge in [0.1, 0.15) is 6.42 Å². The zero-order chi connectivity index (χ0) is 14.2. The minimum absolute atomic E-state index is 0.0121. The van der Waals surface area contributed by atoms with E-state index in [1.165, 1.54) is 38.5 Å². The van der Waals surface area contributed by atoms with Crippen molar-refractivity contribution in [3.05, 3.63) is 0 Å². The van der Waals surface area contributed by atoms with Crippen molar-refractivity contribution in [2.75, 3.05) is 13.1 Å². The second kappa shape index (κ2) is 8.28. The lowest BCUT2D eigenvalue weighted by atomic mass is 10.1. The van der Waals surface area contributed by atoms with E-state index in [4.69, 9.17) is 0 Å². The van der Waals surface area contributed by atoms with Crippen LogP contribution in [-0.4, -0.2) is 35.8 Å². The van der Waals surface area contributed by atoms with Crippen molar-refractivity contribution in [2.24, 2.45) is 0 Å². The number of carbonyl (C=O) groups excluding carboxylic acids is 2. The van der Waals surface area contributed by atoms with Gasteiger partial charge in [-0.2, -0.15) is 0 Å². The topological polar surface area (TPSA) is 49.4 Å². The molecule has 20 heavy (non-hydrogen) atoms. The summed E-state index contributed by atoms with van der Waals surface area (Å²) in [5, 5.41) is 3.06. The number of amides is 2. The maximum Gasteiger partial charge on any atom is 0.232 e. The van der Waals surface area contributed by atoms with Gasteiger partial charge in [-0.25, -0.2) is 0 Å². The molecule has 1 N–H and O–H groups in total. The monoisotopic (exact) mass is 280 g/mol. The first kappa shape index (κ1) is 15.3. The molecule has 0 bridgehead atoms. The Bertz CT molecular complexity index is 314. The van der Waals surface area contributed by atoms with Gasteiger partial charge >= 0.3 is 0 Å². The summed E-state index contributed by atoms with van der Waals surface area (Å²) in [7, 11) is 0. The molecule has 4 nitrogen and oxygen atoms in total. The van der Waals surface area contributed by atoms with E-state index in [1.54, 1.807) is 0 Å². The number of nitrogens with one attached hydrogen (secondary N) is 1. The summed E-state index contributed by atoms with van der Waals surface area (Å²) in [6.45, 7) is 1.66. The van der Waals surface area contributed by atoms with Gasteiger partial charge in [-0.3, -0.25) is 9.59 Å². The van der Waals surface area contributed by atoms with Crippen LogP contribution in [0, 0.1) is 0 Å². The molecule has 4 heteroatoms. The van der Waals surface area contributed by atoms with Gasteiger partial charge in [-0.1, -0.05) is 38.5 Å². The summed E-state index contributed by atoms with van der Waals surface area (Å²) in [4.78, 5) is 26.0. The fourth-order valence-electron chi connectivity index (χ4n) is 3.27. The van der Waals surface area contributed by atoms with Gasteiger partial charge in [-0.15, -0.1) is 0 Å². The number of nitrogens with zero attached hydrogens (tertiary/aromatic N) is 1. The van der Waals surface area contributed by atoms with E-state index in [-0.39, 0.29) is 18.2 Å². The van der Waals surface area contributed by atoms with E-state index in [0.29, 0.717) is 6.04 Å². The Morgan fingerprint density at radius 1 is 0.850 bits per heavy atom. The van der Waals surface area contributed by atoms with Crippen molar-refractivity contribution in [3.8, 4) is 0 Å². The van der Waals surface area contributed by atoms with E-state index in [1.807, 2.05) is 4.90 Å². The summed E-state index contributed by atoms with van der Waals surface area (Å²) < 4.78 is 0. The molecule has 0 atom stereocenters. The summed E-state index contributed by atoms with van der Waals surface area (Å²) in [6, 6.07) is 0.293. The molecule has 2 fully saturated rings. The van der Waals surface area contributed by atoms with Crippen molar-refractivity contribution < 1.29 is 9.59 Å². The van der Waals surface area contributed by atoms with Gasteiger partial charge in [0.25, 0.3) is 0 Å². The lowest BCUT2D eigenvalue weighted by molar-refractivity contribution is -0.136. The molecule has 114 valence electrons. The van der Waals surface area contributed by atoms with Gasteiger partial charge in [0.2, 0.25) is 11.8 Å². The van der Waals surface area contributed by atoms with Crippen LogP contribution >= 0.6 is 0 Å². The Hall–Kier alpha value is -1.06. The van der Waals surface area contributed by atoms with Crippen LogP contribution in [0.15, 0.2) is 0 Å². The first-order valence-electron chi connectivity index (χ1n) is 8.33. The van der Waals surface area contributed by atoms with Crippen LogP contribution in [0.1, 0.15) is 70.6 Å². The molecule has 1 heterocycles. The van der Waals surface area contributed by atoms with Crippen LogP contribution < -0.4 is 5.32 Å². The fourth-order valence-corrected chi connectivity index (χ4v) is 3.27. The van der Waals surface area contributed by atoms with Crippen molar-refractivity contribution in [1.29, 1.82) is 0 Å². The lowest BCUT2D eigenvalue weighted by Crippen LogP contribution is -2.39. The highest BCUT2D eigenvalue weighted by molar-refractivity contribution is 5.97. The number of likely N-dealkylation sites (tertiary alicyclic amines) is 1. The van der Waals surface area contributed by atoms with E-state index in [9.17, 15) is 9.59 Å². The van der Waals surface area contributed by atoms with Crippen LogP contribution in [0.4, 0.5) is 0 Å². The minimum Gasteiger partial charge on any atom is -0.353 e.